The number of rotatable bonds is 5. The Kier molecular flexibility index (Phi) is 7.96. The average molecular weight is 680 g/mol. The van der Waals surface area contributed by atoms with Gasteiger partial charge < -0.3 is 4.90 Å². The van der Waals surface area contributed by atoms with E-state index in [4.69, 9.17) is 0 Å². The van der Waals surface area contributed by atoms with E-state index in [1.807, 2.05) is 0 Å². The van der Waals surface area contributed by atoms with Crippen molar-refractivity contribution in [3.05, 3.63) is 161 Å². The number of benzene rings is 6. The minimum atomic E-state index is -0.117. The second-order valence-electron chi connectivity index (χ2n) is 18.1. The molecule has 8 rings (SSSR count). The standard InChI is InChI=1S/C51H53N/c1-48(2,3)36-26-28-38(29-27-36)52(37-16-11-10-12-17-37)46-33-45-42(40-18-13-14-20-43(40)51(45,8)9)32-41(46)35-24-22-34(23-25-35)39-19-15-21-44-47(39)50(6,7)31-30-49(44,4)5/h10-29,32-33H,30-31H2,1-9H3. The first-order valence-electron chi connectivity index (χ1n) is 19.2. The summed E-state index contributed by atoms with van der Waals surface area (Å²) in [5, 5.41) is 0. The van der Waals surface area contributed by atoms with Gasteiger partial charge in [-0.2, -0.15) is 0 Å². The molecule has 0 radical (unpaired) electrons. The Bertz CT molecular complexity index is 2280. The van der Waals surface area contributed by atoms with E-state index < -0.39 is 0 Å². The molecule has 0 bridgehead atoms. The normalized spacial score (nSPS) is 16.5. The fourth-order valence-electron chi connectivity index (χ4n) is 9.07. The summed E-state index contributed by atoms with van der Waals surface area (Å²) < 4.78 is 0. The van der Waals surface area contributed by atoms with Gasteiger partial charge >= 0.3 is 0 Å². The Morgan fingerprint density at radius 2 is 1.02 bits per heavy atom. The molecular weight excluding hydrogens is 627 g/mol. The van der Waals surface area contributed by atoms with E-state index in [9.17, 15) is 0 Å². The molecule has 0 amide bonds. The third-order valence-corrected chi connectivity index (χ3v) is 12.3. The number of hydrogen-bond acceptors (Lipinski definition) is 1. The van der Waals surface area contributed by atoms with Crippen LogP contribution in [0.15, 0.2) is 133 Å². The minimum Gasteiger partial charge on any atom is -0.310 e. The van der Waals surface area contributed by atoms with Crippen molar-refractivity contribution < 1.29 is 0 Å². The van der Waals surface area contributed by atoms with Crippen LogP contribution >= 0.6 is 0 Å². The monoisotopic (exact) mass is 679 g/mol. The predicted molar refractivity (Wildman–Crippen MR) is 224 cm³/mol. The van der Waals surface area contributed by atoms with Gasteiger partial charge in [-0.3, -0.25) is 0 Å². The van der Waals surface area contributed by atoms with E-state index in [1.54, 1.807) is 0 Å². The minimum absolute atomic E-state index is 0.0787. The third kappa shape index (κ3) is 5.61. The maximum atomic E-state index is 2.49. The molecule has 0 spiro atoms. The van der Waals surface area contributed by atoms with Gasteiger partial charge in [0.1, 0.15) is 0 Å². The fourth-order valence-corrected chi connectivity index (χ4v) is 9.07. The molecule has 6 aromatic carbocycles. The van der Waals surface area contributed by atoms with Crippen molar-refractivity contribution in [1.29, 1.82) is 0 Å². The summed E-state index contributed by atoms with van der Waals surface area (Å²) in [4.78, 5) is 2.47. The smallest absolute Gasteiger partial charge is 0.0543 e. The van der Waals surface area contributed by atoms with Crippen molar-refractivity contribution in [3.63, 3.8) is 0 Å². The molecule has 0 aliphatic heterocycles. The Morgan fingerprint density at radius 1 is 0.462 bits per heavy atom. The van der Waals surface area contributed by atoms with E-state index in [0.717, 1.165) is 11.4 Å². The van der Waals surface area contributed by atoms with Crippen LogP contribution in [-0.4, -0.2) is 0 Å². The molecular formula is C51H53N. The first-order chi connectivity index (χ1) is 24.7. The van der Waals surface area contributed by atoms with E-state index in [1.165, 1.54) is 79.7 Å². The van der Waals surface area contributed by atoms with Gasteiger partial charge in [0.25, 0.3) is 0 Å². The van der Waals surface area contributed by atoms with Crippen LogP contribution in [0, 0.1) is 0 Å². The van der Waals surface area contributed by atoms with Crippen molar-refractivity contribution in [2.45, 2.75) is 96.8 Å². The largest absolute Gasteiger partial charge is 0.310 e. The van der Waals surface area contributed by atoms with Crippen LogP contribution in [0.2, 0.25) is 0 Å². The fraction of sp³-hybridized carbons (Fsp3) is 0.294. The molecule has 0 heterocycles. The van der Waals surface area contributed by atoms with Crippen molar-refractivity contribution in [2.75, 3.05) is 4.90 Å². The summed E-state index contributed by atoms with van der Waals surface area (Å²) >= 11 is 0. The van der Waals surface area contributed by atoms with Crippen molar-refractivity contribution in [1.82, 2.24) is 0 Å². The van der Waals surface area contributed by atoms with Crippen LogP contribution in [0.5, 0.6) is 0 Å². The first-order valence-corrected chi connectivity index (χ1v) is 19.2. The molecule has 0 unspecified atom stereocenters. The molecule has 6 aromatic rings. The lowest BCUT2D eigenvalue weighted by Gasteiger charge is -2.43. The average Bonchev–Trinajstić information content (AvgIpc) is 3.35. The van der Waals surface area contributed by atoms with Crippen molar-refractivity contribution in [2.24, 2.45) is 0 Å². The molecule has 0 saturated carbocycles. The molecule has 0 fully saturated rings. The molecule has 0 atom stereocenters. The summed E-state index contributed by atoms with van der Waals surface area (Å²) in [5.41, 5.74) is 18.7. The lowest BCUT2D eigenvalue weighted by atomic mass is 9.61. The molecule has 1 nitrogen and oxygen atoms in total. The Balaban J connectivity index is 1.34. The summed E-state index contributed by atoms with van der Waals surface area (Å²) in [6, 6.07) is 50.5. The quantitative estimate of drug-likeness (QED) is 0.175. The van der Waals surface area contributed by atoms with Crippen molar-refractivity contribution in [3.8, 4) is 33.4 Å². The summed E-state index contributed by atoms with van der Waals surface area (Å²) in [7, 11) is 0. The topological polar surface area (TPSA) is 3.24 Å². The van der Waals surface area contributed by atoms with Gasteiger partial charge in [-0.15, -0.1) is 0 Å². The van der Waals surface area contributed by atoms with Gasteiger partial charge in [-0.1, -0.05) is 159 Å². The van der Waals surface area contributed by atoms with E-state index in [-0.39, 0.29) is 21.7 Å². The second-order valence-corrected chi connectivity index (χ2v) is 18.1. The van der Waals surface area contributed by atoms with E-state index in [0.29, 0.717) is 0 Å². The number of nitrogens with zero attached hydrogens (tertiary/aromatic N) is 1. The number of hydrogen-bond donors (Lipinski definition) is 0. The number of fused-ring (bicyclic) bond motifs is 4. The highest BCUT2D eigenvalue weighted by atomic mass is 15.1. The lowest BCUT2D eigenvalue weighted by Crippen LogP contribution is -2.34. The van der Waals surface area contributed by atoms with Gasteiger partial charge in [-0.05, 0) is 121 Å². The first kappa shape index (κ1) is 34.2. The van der Waals surface area contributed by atoms with Gasteiger partial charge in [0.15, 0.2) is 0 Å². The summed E-state index contributed by atoms with van der Waals surface area (Å²) in [5.74, 6) is 0. The maximum Gasteiger partial charge on any atom is 0.0543 e. The molecule has 2 aliphatic rings. The molecule has 0 aromatic heterocycles. The number of anilines is 3. The molecule has 52 heavy (non-hydrogen) atoms. The van der Waals surface area contributed by atoms with Crippen LogP contribution in [0.1, 0.15) is 103 Å². The lowest BCUT2D eigenvalue weighted by molar-refractivity contribution is 0.333. The Hall–Kier alpha value is -4.88. The number of para-hydroxylation sites is 1. The highest BCUT2D eigenvalue weighted by molar-refractivity contribution is 5.95. The zero-order valence-electron chi connectivity index (χ0n) is 32.6. The molecule has 1 heteroatoms. The maximum absolute atomic E-state index is 2.49. The van der Waals surface area contributed by atoms with Gasteiger partial charge in [0, 0.05) is 22.4 Å². The van der Waals surface area contributed by atoms with Crippen LogP contribution in [0.3, 0.4) is 0 Å². The Labute approximate surface area is 312 Å². The summed E-state index contributed by atoms with van der Waals surface area (Å²) in [6.45, 7) is 21.3. The van der Waals surface area contributed by atoms with Crippen LogP contribution in [0.25, 0.3) is 33.4 Å². The van der Waals surface area contributed by atoms with Crippen molar-refractivity contribution >= 4 is 17.1 Å². The molecule has 0 N–H and O–H groups in total. The molecule has 0 saturated heterocycles. The summed E-state index contributed by atoms with van der Waals surface area (Å²) in [6.07, 6.45) is 2.41. The second kappa shape index (κ2) is 12.1. The predicted octanol–water partition coefficient (Wildman–Crippen LogP) is 14.4. The molecule has 2 aliphatic carbocycles. The third-order valence-electron chi connectivity index (χ3n) is 12.3. The van der Waals surface area contributed by atoms with E-state index >= 15 is 0 Å². The SMILES string of the molecule is CC(C)(C)c1ccc(N(c2ccccc2)c2cc3c(cc2-c2ccc(-c4cccc5c4C(C)(C)CCC5(C)C)cc2)-c2ccccc2C3(C)C)cc1. The van der Waals surface area contributed by atoms with Gasteiger partial charge in [-0.25, -0.2) is 0 Å². The van der Waals surface area contributed by atoms with Crippen LogP contribution in [-0.2, 0) is 21.7 Å². The highest BCUT2D eigenvalue weighted by Gasteiger charge is 2.39. The van der Waals surface area contributed by atoms with Crippen LogP contribution in [0.4, 0.5) is 17.1 Å². The van der Waals surface area contributed by atoms with Crippen LogP contribution < -0.4 is 4.90 Å². The zero-order chi connectivity index (χ0) is 36.6. The Morgan fingerprint density at radius 3 is 1.69 bits per heavy atom. The molecule has 262 valence electrons. The highest BCUT2D eigenvalue weighted by Crippen LogP contribution is 2.54. The van der Waals surface area contributed by atoms with E-state index in [2.05, 4.69) is 201 Å². The zero-order valence-corrected chi connectivity index (χ0v) is 32.6. The van der Waals surface area contributed by atoms with Gasteiger partial charge in [0.2, 0.25) is 0 Å². The van der Waals surface area contributed by atoms with Gasteiger partial charge in [0.05, 0.1) is 5.69 Å².